The molecule has 3 rings (SSSR count). The number of aromatic nitrogens is 2. The van der Waals surface area contributed by atoms with E-state index in [4.69, 9.17) is 26.8 Å². The Morgan fingerprint density at radius 1 is 1.26 bits per heavy atom. The highest BCUT2D eigenvalue weighted by atomic mass is 35.5. The molecule has 31 heavy (non-hydrogen) atoms. The number of nitrogens with zero attached hydrogens (tertiary/aromatic N) is 2. The van der Waals surface area contributed by atoms with E-state index < -0.39 is 17.8 Å². The van der Waals surface area contributed by atoms with Crippen LogP contribution >= 0.6 is 22.9 Å². The zero-order chi connectivity index (χ0) is 22.7. The highest BCUT2D eigenvalue weighted by Gasteiger charge is 2.26. The number of rotatable bonds is 7. The minimum absolute atomic E-state index is 0.0751. The van der Waals surface area contributed by atoms with Crippen molar-refractivity contribution in [1.29, 1.82) is 0 Å². The third kappa shape index (κ3) is 4.86. The number of thiophene rings is 1. The maximum Gasteiger partial charge on any atom is 0.341 e. The molecular formula is C20H19ClN4O5S. The molecule has 0 atom stereocenters. The molecule has 3 N–H and O–H groups in total. The van der Waals surface area contributed by atoms with Crippen LogP contribution in [0.15, 0.2) is 30.5 Å². The topological polar surface area (TPSA) is 126 Å². The minimum atomic E-state index is -0.702. The molecule has 0 unspecified atom stereocenters. The number of benzene rings is 1. The fraction of sp³-hybridized carbons (Fsp3) is 0.200. The van der Waals surface area contributed by atoms with Crippen molar-refractivity contribution in [2.75, 3.05) is 12.4 Å². The molecule has 11 heteroatoms. The molecule has 2 amide bonds. The van der Waals surface area contributed by atoms with E-state index >= 15 is 0 Å². The molecule has 0 bridgehead atoms. The number of nitrogens with two attached hydrogens (primary N) is 1. The number of aryl methyl sites for hydroxylation is 1. The Bertz CT molecular complexity index is 1170. The average Bonchev–Trinajstić information content (AvgIpc) is 3.33. The molecular weight excluding hydrogens is 444 g/mol. The predicted octanol–water partition coefficient (Wildman–Crippen LogP) is 3.39. The van der Waals surface area contributed by atoms with Gasteiger partial charge in [-0.25, -0.2) is 9.48 Å². The molecule has 1 aromatic carbocycles. The second-order valence-electron chi connectivity index (χ2n) is 6.50. The van der Waals surface area contributed by atoms with E-state index in [0.29, 0.717) is 16.3 Å². The summed E-state index contributed by atoms with van der Waals surface area (Å²) in [6.07, 6.45) is 1.58. The molecule has 3 aromatic rings. The second kappa shape index (κ2) is 9.19. The zero-order valence-electron chi connectivity index (χ0n) is 16.9. The van der Waals surface area contributed by atoms with Crippen molar-refractivity contribution in [1.82, 2.24) is 9.78 Å². The Morgan fingerprint density at radius 3 is 2.65 bits per heavy atom. The number of esters is 1. The number of anilines is 1. The van der Waals surface area contributed by atoms with Crippen LogP contribution in [0.2, 0.25) is 5.02 Å². The normalized spacial score (nSPS) is 10.6. The lowest BCUT2D eigenvalue weighted by atomic mass is 10.1. The Balaban J connectivity index is 1.74. The largest absolute Gasteiger partial charge is 0.471 e. The van der Waals surface area contributed by atoms with Crippen LogP contribution in [0.5, 0.6) is 5.75 Å². The molecule has 2 aromatic heterocycles. The van der Waals surface area contributed by atoms with E-state index in [2.05, 4.69) is 10.4 Å². The van der Waals surface area contributed by atoms with Gasteiger partial charge in [-0.15, -0.1) is 11.3 Å². The van der Waals surface area contributed by atoms with E-state index in [-0.39, 0.29) is 27.9 Å². The summed E-state index contributed by atoms with van der Waals surface area (Å²) in [5.74, 6) is -1.34. The first-order chi connectivity index (χ1) is 14.7. The Labute approximate surface area is 186 Å². The Kier molecular flexibility index (Phi) is 6.62. The monoisotopic (exact) mass is 462 g/mol. The van der Waals surface area contributed by atoms with Crippen LogP contribution in [-0.4, -0.2) is 34.7 Å². The fourth-order valence-corrected chi connectivity index (χ4v) is 3.91. The van der Waals surface area contributed by atoms with E-state index in [0.717, 1.165) is 16.9 Å². The van der Waals surface area contributed by atoms with Crippen LogP contribution in [-0.2, 0) is 11.5 Å². The molecule has 0 aliphatic heterocycles. The Morgan fingerprint density at radius 2 is 2.00 bits per heavy atom. The van der Waals surface area contributed by atoms with Gasteiger partial charge in [-0.2, -0.15) is 5.10 Å². The Hall–Kier alpha value is -3.37. The molecule has 162 valence electrons. The van der Waals surface area contributed by atoms with Crippen LogP contribution in [0.4, 0.5) is 5.00 Å². The molecule has 0 radical (unpaired) electrons. The number of primary amides is 1. The van der Waals surface area contributed by atoms with Crippen LogP contribution < -0.4 is 15.8 Å². The van der Waals surface area contributed by atoms with Gasteiger partial charge in [0.2, 0.25) is 0 Å². The maximum atomic E-state index is 12.6. The first kappa shape index (κ1) is 22.3. The van der Waals surface area contributed by atoms with E-state index in [1.54, 1.807) is 31.3 Å². The van der Waals surface area contributed by atoms with Gasteiger partial charge >= 0.3 is 5.97 Å². The van der Waals surface area contributed by atoms with Crippen LogP contribution in [0, 0.1) is 13.8 Å². The van der Waals surface area contributed by atoms with Crippen molar-refractivity contribution in [2.45, 2.75) is 20.6 Å². The lowest BCUT2D eigenvalue weighted by Gasteiger charge is -2.08. The van der Waals surface area contributed by atoms with E-state index in [1.807, 2.05) is 6.92 Å². The molecule has 0 spiro atoms. The molecule has 0 saturated carbocycles. The van der Waals surface area contributed by atoms with Crippen LogP contribution in [0.25, 0.3) is 0 Å². The number of hydrogen-bond donors (Lipinski definition) is 2. The lowest BCUT2D eigenvalue weighted by Crippen LogP contribution is -2.16. The number of carbonyl (C=O) groups excluding carboxylic acids is 3. The van der Waals surface area contributed by atoms with Crippen molar-refractivity contribution in [2.24, 2.45) is 5.73 Å². The van der Waals surface area contributed by atoms with Crippen molar-refractivity contribution in [3.05, 3.63) is 62.7 Å². The summed E-state index contributed by atoms with van der Waals surface area (Å²) in [4.78, 5) is 36.5. The first-order valence-electron chi connectivity index (χ1n) is 8.96. The van der Waals surface area contributed by atoms with Gasteiger partial charge in [-0.05, 0) is 49.2 Å². The summed E-state index contributed by atoms with van der Waals surface area (Å²) in [7, 11) is 1.21. The maximum absolute atomic E-state index is 12.6. The summed E-state index contributed by atoms with van der Waals surface area (Å²) in [5, 5.41) is 7.57. The molecule has 0 aliphatic carbocycles. The summed E-state index contributed by atoms with van der Waals surface area (Å²) in [6, 6.07) is 6.76. The number of amides is 2. The summed E-state index contributed by atoms with van der Waals surface area (Å²) >= 11 is 6.90. The van der Waals surface area contributed by atoms with Gasteiger partial charge in [0.25, 0.3) is 11.8 Å². The van der Waals surface area contributed by atoms with Crippen LogP contribution in [0.1, 0.15) is 41.6 Å². The SMILES string of the molecule is COC(=O)c1c(NC(=O)c2ccn(COc3ccc(Cl)c(C)c3)n2)sc(C(N)=O)c1C. The zero-order valence-corrected chi connectivity index (χ0v) is 18.5. The third-order valence-electron chi connectivity index (χ3n) is 4.35. The van der Waals surface area contributed by atoms with Gasteiger partial charge in [0, 0.05) is 11.2 Å². The van der Waals surface area contributed by atoms with Gasteiger partial charge in [0.15, 0.2) is 12.4 Å². The van der Waals surface area contributed by atoms with E-state index in [9.17, 15) is 14.4 Å². The molecule has 0 fully saturated rings. The van der Waals surface area contributed by atoms with Crippen molar-refractivity contribution in [3.8, 4) is 5.75 Å². The smallest absolute Gasteiger partial charge is 0.341 e. The molecule has 0 aliphatic rings. The number of methoxy groups -OCH3 is 1. The standard InChI is InChI=1S/C20H19ClN4O5S/c1-10-8-12(4-5-13(10)21)30-9-25-7-6-14(24-25)18(27)23-19-15(20(28)29-3)11(2)16(31-19)17(22)26/h4-8H,9H2,1-3H3,(H2,22,26)(H,23,27). The molecule has 2 heterocycles. The van der Waals surface area contributed by atoms with Gasteiger partial charge in [0.1, 0.15) is 10.8 Å². The van der Waals surface area contributed by atoms with Gasteiger partial charge in [-0.1, -0.05) is 11.6 Å². The van der Waals surface area contributed by atoms with Gasteiger partial charge < -0.3 is 20.5 Å². The lowest BCUT2D eigenvalue weighted by molar-refractivity contribution is 0.0601. The average molecular weight is 463 g/mol. The fourth-order valence-electron chi connectivity index (χ4n) is 2.75. The summed E-state index contributed by atoms with van der Waals surface area (Å²) < 4.78 is 11.8. The third-order valence-corrected chi connectivity index (χ3v) is 6.00. The summed E-state index contributed by atoms with van der Waals surface area (Å²) in [6.45, 7) is 3.50. The number of hydrogen-bond acceptors (Lipinski definition) is 7. The highest BCUT2D eigenvalue weighted by molar-refractivity contribution is 7.18. The molecule has 9 nitrogen and oxygen atoms in total. The summed E-state index contributed by atoms with van der Waals surface area (Å²) in [5.41, 5.74) is 6.75. The quantitative estimate of drug-likeness (QED) is 0.518. The molecule has 0 saturated heterocycles. The van der Waals surface area contributed by atoms with E-state index in [1.165, 1.54) is 17.9 Å². The minimum Gasteiger partial charge on any atom is -0.471 e. The van der Waals surface area contributed by atoms with Crippen molar-refractivity contribution >= 4 is 45.7 Å². The number of nitrogens with one attached hydrogen (secondary N) is 1. The van der Waals surface area contributed by atoms with Crippen LogP contribution in [0.3, 0.4) is 0 Å². The highest BCUT2D eigenvalue weighted by Crippen LogP contribution is 2.33. The first-order valence-corrected chi connectivity index (χ1v) is 10.2. The van der Waals surface area contributed by atoms with Crippen molar-refractivity contribution < 1.29 is 23.9 Å². The van der Waals surface area contributed by atoms with Gasteiger partial charge in [-0.3, -0.25) is 9.59 Å². The number of halogens is 1. The number of ether oxygens (including phenoxy) is 2. The van der Waals surface area contributed by atoms with Crippen molar-refractivity contribution in [3.63, 3.8) is 0 Å². The second-order valence-corrected chi connectivity index (χ2v) is 7.92. The number of carbonyl (C=O) groups is 3. The van der Waals surface area contributed by atoms with Gasteiger partial charge in [0.05, 0.1) is 17.6 Å². The predicted molar refractivity (Wildman–Crippen MR) is 116 cm³/mol.